The van der Waals surface area contributed by atoms with Crippen LogP contribution in [0.1, 0.15) is 27.2 Å². The van der Waals surface area contributed by atoms with Crippen molar-refractivity contribution in [1.82, 2.24) is 9.80 Å². The molecule has 1 aliphatic heterocycles. The molecule has 1 rings (SSSR count). The van der Waals surface area contributed by atoms with Crippen LogP contribution in [-0.2, 0) is 9.53 Å². The van der Waals surface area contributed by atoms with Gasteiger partial charge in [0.2, 0.25) is 0 Å². The summed E-state index contributed by atoms with van der Waals surface area (Å²) in [5.74, 6) is -0.112. The lowest BCUT2D eigenvalue weighted by Gasteiger charge is -2.39. The van der Waals surface area contributed by atoms with E-state index in [1.165, 1.54) is 7.11 Å². The van der Waals surface area contributed by atoms with E-state index >= 15 is 0 Å². The number of ether oxygens (including phenoxy) is 1. The molecule has 4 heteroatoms. The average molecular weight is 228 g/mol. The van der Waals surface area contributed by atoms with Crippen molar-refractivity contribution in [3.63, 3.8) is 0 Å². The van der Waals surface area contributed by atoms with E-state index in [4.69, 9.17) is 4.74 Å². The Labute approximate surface area is 98.5 Å². The Balaban J connectivity index is 2.32. The van der Waals surface area contributed by atoms with Crippen molar-refractivity contribution in [1.29, 1.82) is 0 Å². The van der Waals surface area contributed by atoms with Crippen LogP contribution in [-0.4, -0.2) is 61.1 Å². The normalized spacial score (nSPS) is 21.1. The molecule has 0 aromatic heterocycles. The number of piperazine rings is 1. The Morgan fingerprint density at radius 3 is 2.06 bits per heavy atom. The van der Waals surface area contributed by atoms with Crippen LogP contribution in [0.5, 0.6) is 0 Å². The molecule has 16 heavy (non-hydrogen) atoms. The van der Waals surface area contributed by atoms with Gasteiger partial charge in [-0.2, -0.15) is 0 Å². The molecular formula is C12H24N2O2. The van der Waals surface area contributed by atoms with E-state index in [-0.39, 0.29) is 5.97 Å². The quantitative estimate of drug-likeness (QED) is 0.671. The topological polar surface area (TPSA) is 32.8 Å². The molecule has 1 heterocycles. The number of methoxy groups -OCH3 is 1. The van der Waals surface area contributed by atoms with Crippen molar-refractivity contribution in [2.24, 2.45) is 0 Å². The summed E-state index contributed by atoms with van der Waals surface area (Å²) in [5, 5.41) is 0. The Morgan fingerprint density at radius 1 is 1.12 bits per heavy atom. The minimum atomic E-state index is -0.112. The maximum atomic E-state index is 11.2. The Hall–Kier alpha value is -0.610. The highest BCUT2D eigenvalue weighted by Gasteiger charge is 2.23. The number of carbonyl (C=O) groups excluding carboxylic acids is 1. The van der Waals surface area contributed by atoms with Gasteiger partial charge in [-0.1, -0.05) is 0 Å². The molecule has 1 fully saturated rings. The predicted molar refractivity (Wildman–Crippen MR) is 64.4 cm³/mol. The average Bonchev–Trinajstić information content (AvgIpc) is 2.28. The molecule has 1 aliphatic rings. The molecule has 0 radical (unpaired) electrons. The van der Waals surface area contributed by atoms with Crippen LogP contribution in [0.2, 0.25) is 0 Å². The third-order valence-corrected chi connectivity index (χ3v) is 3.39. The molecule has 0 aromatic rings. The van der Waals surface area contributed by atoms with Gasteiger partial charge < -0.3 is 4.74 Å². The molecule has 1 atom stereocenters. The zero-order chi connectivity index (χ0) is 12.1. The summed E-state index contributed by atoms with van der Waals surface area (Å²) < 4.78 is 4.70. The van der Waals surface area contributed by atoms with Crippen LogP contribution in [0.25, 0.3) is 0 Å². The number of carbonyl (C=O) groups is 1. The van der Waals surface area contributed by atoms with Gasteiger partial charge in [0.05, 0.1) is 13.5 Å². The van der Waals surface area contributed by atoms with Crippen LogP contribution >= 0.6 is 0 Å². The first-order valence-electron chi connectivity index (χ1n) is 6.09. The summed E-state index contributed by atoms with van der Waals surface area (Å²) in [7, 11) is 1.45. The smallest absolute Gasteiger partial charge is 0.307 e. The fourth-order valence-electron chi connectivity index (χ4n) is 2.15. The fourth-order valence-corrected chi connectivity index (χ4v) is 2.15. The van der Waals surface area contributed by atoms with E-state index in [0.29, 0.717) is 18.5 Å². The fraction of sp³-hybridized carbons (Fsp3) is 0.917. The van der Waals surface area contributed by atoms with Gasteiger partial charge in [-0.05, 0) is 20.8 Å². The lowest BCUT2D eigenvalue weighted by molar-refractivity contribution is -0.142. The van der Waals surface area contributed by atoms with E-state index in [1.54, 1.807) is 0 Å². The first-order chi connectivity index (χ1) is 7.54. The minimum absolute atomic E-state index is 0.112. The van der Waals surface area contributed by atoms with Crippen molar-refractivity contribution < 1.29 is 9.53 Å². The molecule has 0 aromatic carbocycles. The third kappa shape index (κ3) is 3.76. The van der Waals surface area contributed by atoms with Gasteiger partial charge in [-0.3, -0.25) is 14.6 Å². The third-order valence-electron chi connectivity index (χ3n) is 3.39. The molecular weight excluding hydrogens is 204 g/mol. The molecule has 0 bridgehead atoms. The zero-order valence-corrected chi connectivity index (χ0v) is 10.9. The van der Waals surface area contributed by atoms with E-state index in [9.17, 15) is 4.79 Å². The van der Waals surface area contributed by atoms with Crippen LogP contribution in [0, 0.1) is 0 Å². The molecule has 1 unspecified atom stereocenters. The highest BCUT2D eigenvalue weighted by atomic mass is 16.5. The monoisotopic (exact) mass is 228 g/mol. The van der Waals surface area contributed by atoms with Crippen molar-refractivity contribution in [2.45, 2.75) is 39.3 Å². The molecule has 0 spiro atoms. The Morgan fingerprint density at radius 2 is 1.62 bits per heavy atom. The van der Waals surface area contributed by atoms with E-state index in [2.05, 4.69) is 30.6 Å². The Bertz CT molecular complexity index is 223. The summed E-state index contributed by atoms with van der Waals surface area (Å²) in [6.45, 7) is 10.9. The molecule has 4 nitrogen and oxygen atoms in total. The molecule has 1 saturated heterocycles. The van der Waals surface area contributed by atoms with Crippen molar-refractivity contribution in [3.05, 3.63) is 0 Å². The summed E-state index contributed by atoms with van der Waals surface area (Å²) >= 11 is 0. The lowest BCUT2D eigenvalue weighted by atomic mass is 10.1. The number of hydrogen-bond acceptors (Lipinski definition) is 4. The van der Waals surface area contributed by atoms with Crippen molar-refractivity contribution in [3.8, 4) is 0 Å². The van der Waals surface area contributed by atoms with Gasteiger partial charge in [-0.25, -0.2) is 0 Å². The highest BCUT2D eigenvalue weighted by Crippen LogP contribution is 2.11. The minimum Gasteiger partial charge on any atom is -0.469 e. The first kappa shape index (κ1) is 13.5. The van der Waals surface area contributed by atoms with Crippen LogP contribution in [0.4, 0.5) is 0 Å². The highest BCUT2D eigenvalue weighted by molar-refractivity contribution is 5.69. The van der Waals surface area contributed by atoms with Gasteiger partial charge in [0.25, 0.3) is 0 Å². The van der Waals surface area contributed by atoms with Gasteiger partial charge in [0, 0.05) is 38.3 Å². The summed E-state index contributed by atoms with van der Waals surface area (Å²) in [6.07, 6.45) is 0.498. The van der Waals surface area contributed by atoms with Crippen LogP contribution in [0.3, 0.4) is 0 Å². The molecule has 0 saturated carbocycles. The van der Waals surface area contributed by atoms with E-state index < -0.39 is 0 Å². The van der Waals surface area contributed by atoms with Gasteiger partial charge >= 0.3 is 5.97 Å². The Kier molecular flexibility index (Phi) is 5.22. The predicted octanol–water partition coefficient (Wildman–Crippen LogP) is 0.964. The van der Waals surface area contributed by atoms with Crippen molar-refractivity contribution in [2.75, 3.05) is 33.3 Å². The van der Waals surface area contributed by atoms with E-state index in [1.807, 2.05) is 0 Å². The number of esters is 1. The second-order valence-electron chi connectivity index (χ2n) is 4.79. The molecule has 0 N–H and O–H groups in total. The first-order valence-corrected chi connectivity index (χ1v) is 6.09. The maximum Gasteiger partial charge on any atom is 0.307 e. The standard InChI is InChI=1S/C12H24N2O2/c1-10(2)13-5-7-14(8-6-13)11(3)9-12(15)16-4/h10-11H,5-9H2,1-4H3. The van der Waals surface area contributed by atoms with Gasteiger partial charge in [-0.15, -0.1) is 0 Å². The van der Waals surface area contributed by atoms with Crippen molar-refractivity contribution >= 4 is 5.97 Å². The van der Waals surface area contributed by atoms with Gasteiger partial charge in [0.1, 0.15) is 0 Å². The summed E-state index contributed by atoms with van der Waals surface area (Å²) in [6, 6.07) is 0.917. The SMILES string of the molecule is COC(=O)CC(C)N1CCN(C(C)C)CC1. The second kappa shape index (κ2) is 6.21. The van der Waals surface area contributed by atoms with E-state index in [0.717, 1.165) is 26.2 Å². The molecule has 0 amide bonds. The second-order valence-corrected chi connectivity index (χ2v) is 4.79. The molecule has 0 aliphatic carbocycles. The number of rotatable bonds is 4. The lowest BCUT2D eigenvalue weighted by Crippen LogP contribution is -2.51. The maximum absolute atomic E-state index is 11.2. The summed E-state index contributed by atoms with van der Waals surface area (Å²) in [4.78, 5) is 16.0. The van der Waals surface area contributed by atoms with Crippen LogP contribution < -0.4 is 0 Å². The number of hydrogen-bond donors (Lipinski definition) is 0. The number of nitrogens with zero attached hydrogens (tertiary/aromatic N) is 2. The molecule has 94 valence electrons. The largest absolute Gasteiger partial charge is 0.469 e. The zero-order valence-electron chi connectivity index (χ0n) is 10.9. The van der Waals surface area contributed by atoms with Gasteiger partial charge in [0.15, 0.2) is 0 Å². The van der Waals surface area contributed by atoms with Crippen LogP contribution in [0.15, 0.2) is 0 Å². The summed E-state index contributed by atoms with van der Waals surface area (Å²) in [5.41, 5.74) is 0.